The summed E-state index contributed by atoms with van der Waals surface area (Å²) in [5, 5.41) is 3.61. The van der Waals surface area contributed by atoms with Gasteiger partial charge in [-0.3, -0.25) is 4.79 Å². The maximum Gasteiger partial charge on any atom is 0.270 e. The molecule has 0 spiro atoms. The second-order valence-electron chi connectivity index (χ2n) is 3.95. The zero-order chi connectivity index (χ0) is 13.7. The molecule has 2 aromatic rings. The molecule has 0 fully saturated rings. The van der Waals surface area contributed by atoms with Crippen LogP contribution in [0.25, 0.3) is 0 Å². The van der Waals surface area contributed by atoms with Gasteiger partial charge in [0.25, 0.3) is 5.91 Å². The molecule has 1 heterocycles. The van der Waals surface area contributed by atoms with Crippen molar-refractivity contribution in [2.45, 2.75) is 6.04 Å². The van der Waals surface area contributed by atoms with Crippen LogP contribution in [-0.2, 0) is 0 Å². The van der Waals surface area contributed by atoms with E-state index in [9.17, 15) is 4.79 Å². The Morgan fingerprint density at radius 1 is 1.21 bits per heavy atom. The molecular formula is C14H12Br2N2O. The molecule has 0 aliphatic rings. The highest BCUT2D eigenvalue weighted by atomic mass is 79.9. The van der Waals surface area contributed by atoms with Crippen LogP contribution in [0, 0.1) is 0 Å². The first kappa shape index (κ1) is 14.2. The Labute approximate surface area is 128 Å². The number of rotatable bonds is 4. The quantitative estimate of drug-likeness (QED) is 0.817. The molecule has 1 unspecified atom stereocenters. The monoisotopic (exact) mass is 382 g/mol. The van der Waals surface area contributed by atoms with E-state index in [4.69, 9.17) is 0 Å². The minimum atomic E-state index is -0.180. The maximum atomic E-state index is 12.1. The third-order valence-corrected chi connectivity index (χ3v) is 3.74. The molecule has 0 saturated heterocycles. The van der Waals surface area contributed by atoms with Crippen LogP contribution in [0.4, 0.5) is 0 Å². The van der Waals surface area contributed by atoms with Crippen molar-refractivity contribution in [3.63, 3.8) is 0 Å². The van der Waals surface area contributed by atoms with Crippen LogP contribution in [0.15, 0.2) is 53.1 Å². The Morgan fingerprint density at radius 3 is 2.53 bits per heavy atom. The molecule has 0 aliphatic carbocycles. The van der Waals surface area contributed by atoms with Gasteiger partial charge in [-0.05, 0) is 33.6 Å². The summed E-state index contributed by atoms with van der Waals surface area (Å²) in [6, 6.07) is 13.3. The highest BCUT2D eigenvalue weighted by Gasteiger charge is 2.15. The molecule has 0 radical (unpaired) electrons. The molecule has 98 valence electrons. The summed E-state index contributed by atoms with van der Waals surface area (Å²) in [4.78, 5) is 16.2. The number of halogens is 2. The predicted molar refractivity (Wildman–Crippen MR) is 82.4 cm³/mol. The molecule has 1 aromatic carbocycles. The lowest BCUT2D eigenvalue weighted by Gasteiger charge is -2.16. The number of amides is 1. The molecule has 0 saturated carbocycles. The summed E-state index contributed by atoms with van der Waals surface area (Å²) >= 11 is 6.72. The zero-order valence-corrected chi connectivity index (χ0v) is 13.2. The number of carbonyl (C=O) groups is 1. The second-order valence-corrected chi connectivity index (χ2v) is 5.52. The third-order valence-electron chi connectivity index (χ3n) is 2.62. The molecule has 2 rings (SSSR count). The highest BCUT2D eigenvalue weighted by molar-refractivity contribution is 9.10. The lowest BCUT2D eigenvalue weighted by atomic mass is 10.1. The fourth-order valence-corrected chi connectivity index (χ4v) is 2.41. The molecule has 0 aliphatic heterocycles. The number of hydrogen-bond donors (Lipinski definition) is 1. The Hall–Kier alpha value is -1.20. The van der Waals surface area contributed by atoms with Crippen LogP contribution in [-0.4, -0.2) is 16.2 Å². The second kappa shape index (κ2) is 6.82. The zero-order valence-electron chi connectivity index (χ0n) is 10.0. The van der Waals surface area contributed by atoms with E-state index >= 15 is 0 Å². The van der Waals surface area contributed by atoms with Crippen molar-refractivity contribution in [2.24, 2.45) is 0 Å². The number of nitrogens with zero attached hydrogens (tertiary/aromatic N) is 1. The van der Waals surface area contributed by atoms with E-state index in [-0.39, 0.29) is 11.9 Å². The van der Waals surface area contributed by atoms with Gasteiger partial charge in [-0.25, -0.2) is 4.98 Å². The first-order chi connectivity index (χ1) is 9.20. The van der Waals surface area contributed by atoms with Crippen LogP contribution in [0.1, 0.15) is 22.1 Å². The summed E-state index contributed by atoms with van der Waals surface area (Å²) in [5.41, 5.74) is 1.47. The van der Waals surface area contributed by atoms with Crippen molar-refractivity contribution in [3.05, 3.63) is 64.4 Å². The smallest absolute Gasteiger partial charge is 0.270 e. The average molecular weight is 384 g/mol. The van der Waals surface area contributed by atoms with Gasteiger partial charge in [0.05, 0.1) is 6.04 Å². The molecule has 1 aromatic heterocycles. The lowest BCUT2D eigenvalue weighted by Crippen LogP contribution is -2.30. The number of carbonyl (C=O) groups excluding carboxylic acids is 1. The van der Waals surface area contributed by atoms with Gasteiger partial charge in [0.2, 0.25) is 0 Å². The SMILES string of the molecule is O=C(NC(CBr)c1ccccc1)c1ccc(Br)cn1. The maximum absolute atomic E-state index is 12.1. The van der Waals surface area contributed by atoms with E-state index in [0.29, 0.717) is 11.0 Å². The normalized spacial score (nSPS) is 11.9. The average Bonchev–Trinajstić information content (AvgIpc) is 2.46. The van der Waals surface area contributed by atoms with Gasteiger partial charge in [-0.1, -0.05) is 46.3 Å². The largest absolute Gasteiger partial charge is 0.343 e. The number of benzene rings is 1. The van der Waals surface area contributed by atoms with E-state index in [0.717, 1.165) is 10.0 Å². The number of nitrogens with one attached hydrogen (secondary N) is 1. The van der Waals surface area contributed by atoms with E-state index in [1.165, 1.54) is 0 Å². The summed E-state index contributed by atoms with van der Waals surface area (Å²) in [6.07, 6.45) is 1.61. The van der Waals surface area contributed by atoms with E-state index in [1.54, 1.807) is 18.3 Å². The molecule has 19 heavy (non-hydrogen) atoms. The van der Waals surface area contributed by atoms with Crippen LogP contribution in [0.3, 0.4) is 0 Å². The molecule has 5 heteroatoms. The fourth-order valence-electron chi connectivity index (χ4n) is 1.64. The molecule has 0 bridgehead atoms. The minimum absolute atomic E-state index is 0.0702. The highest BCUT2D eigenvalue weighted by Crippen LogP contribution is 2.16. The van der Waals surface area contributed by atoms with Gasteiger partial charge in [0.1, 0.15) is 5.69 Å². The van der Waals surface area contributed by atoms with E-state index in [2.05, 4.69) is 42.2 Å². The van der Waals surface area contributed by atoms with Crippen LogP contribution in [0.2, 0.25) is 0 Å². The fraction of sp³-hybridized carbons (Fsp3) is 0.143. The van der Waals surface area contributed by atoms with Crippen molar-refractivity contribution in [2.75, 3.05) is 5.33 Å². The molecule has 1 N–H and O–H groups in total. The first-order valence-electron chi connectivity index (χ1n) is 5.74. The van der Waals surface area contributed by atoms with Crippen molar-refractivity contribution < 1.29 is 4.79 Å². The van der Waals surface area contributed by atoms with Crippen LogP contribution < -0.4 is 5.32 Å². The number of hydrogen-bond acceptors (Lipinski definition) is 2. The van der Waals surface area contributed by atoms with Crippen molar-refractivity contribution in [1.29, 1.82) is 0 Å². The van der Waals surface area contributed by atoms with Crippen molar-refractivity contribution >= 4 is 37.8 Å². The Kier molecular flexibility index (Phi) is 5.10. The number of alkyl halides is 1. The Bertz CT molecular complexity index is 543. The van der Waals surface area contributed by atoms with Crippen molar-refractivity contribution in [1.82, 2.24) is 10.3 Å². The topological polar surface area (TPSA) is 42.0 Å². The molecule has 3 nitrogen and oxygen atoms in total. The summed E-state index contributed by atoms with van der Waals surface area (Å²) < 4.78 is 0.851. The summed E-state index contributed by atoms with van der Waals surface area (Å²) in [7, 11) is 0. The van der Waals surface area contributed by atoms with Gasteiger partial charge in [0.15, 0.2) is 0 Å². The molecule has 1 atom stereocenters. The van der Waals surface area contributed by atoms with Crippen LogP contribution >= 0.6 is 31.9 Å². The van der Waals surface area contributed by atoms with Gasteiger partial charge in [0, 0.05) is 16.0 Å². The van der Waals surface area contributed by atoms with Gasteiger partial charge in [-0.15, -0.1) is 0 Å². The number of aromatic nitrogens is 1. The van der Waals surface area contributed by atoms with Gasteiger partial charge in [-0.2, -0.15) is 0 Å². The third kappa shape index (κ3) is 3.88. The minimum Gasteiger partial charge on any atom is -0.343 e. The Morgan fingerprint density at radius 2 is 1.95 bits per heavy atom. The first-order valence-corrected chi connectivity index (χ1v) is 7.65. The molecule has 1 amide bonds. The summed E-state index contributed by atoms with van der Waals surface area (Å²) in [6.45, 7) is 0. The summed E-state index contributed by atoms with van der Waals surface area (Å²) in [5.74, 6) is -0.180. The van der Waals surface area contributed by atoms with Crippen molar-refractivity contribution in [3.8, 4) is 0 Å². The van der Waals surface area contributed by atoms with Crippen LogP contribution in [0.5, 0.6) is 0 Å². The molecular weight excluding hydrogens is 372 g/mol. The van der Waals surface area contributed by atoms with E-state index in [1.807, 2.05) is 30.3 Å². The standard InChI is InChI=1S/C14H12Br2N2O/c15-8-13(10-4-2-1-3-5-10)18-14(19)12-7-6-11(16)9-17-12/h1-7,9,13H,8H2,(H,18,19). The van der Waals surface area contributed by atoms with Gasteiger partial charge >= 0.3 is 0 Å². The Balaban J connectivity index is 2.10. The number of pyridine rings is 1. The van der Waals surface area contributed by atoms with Gasteiger partial charge < -0.3 is 5.32 Å². The van der Waals surface area contributed by atoms with E-state index < -0.39 is 0 Å². The predicted octanol–water partition coefficient (Wildman–Crippen LogP) is 3.71. The lowest BCUT2D eigenvalue weighted by molar-refractivity contribution is 0.0935.